The maximum atomic E-state index is 5.48. The van der Waals surface area contributed by atoms with Gasteiger partial charge < -0.3 is 14.4 Å². The lowest BCUT2D eigenvalue weighted by Crippen LogP contribution is -2.35. The summed E-state index contributed by atoms with van der Waals surface area (Å²) < 4.78 is 12.8. The fourth-order valence-corrected chi connectivity index (χ4v) is 4.90. The van der Waals surface area contributed by atoms with Crippen LogP contribution in [0.2, 0.25) is 0 Å². The quantitative estimate of drug-likeness (QED) is 0.358. The van der Waals surface area contributed by atoms with E-state index in [2.05, 4.69) is 56.7 Å². The Morgan fingerprint density at radius 3 is 2.62 bits per heavy atom. The molecule has 1 saturated heterocycles. The van der Waals surface area contributed by atoms with Gasteiger partial charge in [-0.05, 0) is 41.5 Å². The summed E-state index contributed by atoms with van der Waals surface area (Å²) in [6.45, 7) is 5.90. The lowest BCUT2D eigenvalue weighted by molar-refractivity contribution is 0.0337. The molecule has 34 heavy (non-hydrogen) atoms. The van der Waals surface area contributed by atoms with Crippen LogP contribution in [0.25, 0.3) is 5.69 Å². The van der Waals surface area contributed by atoms with Crippen molar-refractivity contribution in [1.82, 2.24) is 19.7 Å². The second-order valence-electron chi connectivity index (χ2n) is 8.33. The number of benzene rings is 2. The van der Waals surface area contributed by atoms with Crippen molar-refractivity contribution in [2.24, 2.45) is 0 Å². The van der Waals surface area contributed by atoms with Crippen molar-refractivity contribution in [2.45, 2.75) is 19.6 Å². The zero-order valence-electron chi connectivity index (χ0n) is 19.3. The van der Waals surface area contributed by atoms with E-state index in [4.69, 9.17) is 14.5 Å². The Labute approximate surface area is 204 Å². The minimum absolute atomic E-state index is 0.753. The Balaban J connectivity index is 1.35. The van der Waals surface area contributed by atoms with Crippen molar-refractivity contribution in [3.05, 3.63) is 89.2 Å². The number of thiazole rings is 1. The summed E-state index contributed by atoms with van der Waals surface area (Å²) in [4.78, 5) is 9.76. The normalized spacial score (nSPS) is 14.3. The molecule has 0 N–H and O–H groups in total. The Kier molecular flexibility index (Phi) is 7.19. The summed E-state index contributed by atoms with van der Waals surface area (Å²) in [5.74, 6) is 0.869. The molecular formula is C26H29N5O2S. The third-order valence-corrected chi connectivity index (χ3v) is 6.84. The molecule has 176 valence electrons. The molecule has 0 atom stereocenters. The molecule has 1 fully saturated rings. The van der Waals surface area contributed by atoms with Crippen molar-refractivity contribution in [1.29, 1.82) is 0 Å². The van der Waals surface area contributed by atoms with Crippen molar-refractivity contribution < 1.29 is 9.47 Å². The van der Waals surface area contributed by atoms with Gasteiger partial charge in [0.2, 0.25) is 0 Å². The summed E-state index contributed by atoms with van der Waals surface area (Å²) in [6.07, 6.45) is 3.75. The average Bonchev–Trinajstić information content (AvgIpc) is 3.58. The van der Waals surface area contributed by atoms with Gasteiger partial charge in [-0.3, -0.25) is 4.90 Å². The highest BCUT2D eigenvalue weighted by molar-refractivity contribution is 7.13. The molecule has 7 nitrogen and oxygen atoms in total. The minimum atomic E-state index is 0.753. The topological polar surface area (TPSA) is 55.7 Å². The molecule has 0 saturated carbocycles. The fourth-order valence-electron chi connectivity index (χ4n) is 4.08. The maximum absolute atomic E-state index is 5.48. The number of hydrogen-bond acceptors (Lipinski definition) is 7. The first-order valence-corrected chi connectivity index (χ1v) is 12.4. The number of rotatable bonds is 9. The van der Waals surface area contributed by atoms with Crippen molar-refractivity contribution >= 4 is 16.5 Å². The number of ether oxygens (including phenoxy) is 2. The number of aromatic nitrogens is 3. The highest BCUT2D eigenvalue weighted by atomic mass is 32.1. The molecule has 2 aromatic heterocycles. The first kappa shape index (κ1) is 22.6. The maximum Gasteiger partial charge on any atom is 0.186 e. The minimum Gasteiger partial charge on any atom is -0.497 e. The fraction of sp³-hybridized carbons (Fsp3) is 0.308. The van der Waals surface area contributed by atoms with Gasteiger partial charge in [0.05, 0.1) is 31.7 Å². The van der Waals surface area contributed by atoms with Crippen molar-refractivity contribution in [3.8, 4) is 11.4 Å². The van der Waals surface area contributed by atoms with Gasteiger partial charge in [-0.25, -0.2) is 9.67 Å². The molecule has 0 radical (unpaired) electrons. The molecule has 1 aliphatic rings. The second kappa shape index (κ2) is 10.8. The standard InChI is InChI=1S/C26H29N5O2S/c1-32-25-5-2-4-22(16-25)18-30(17-21-6-8-24(9-7-21)31-11-3-10-27-31)26-28-23(20-34-26)19-29-12-14-33-15-13-29/h2-11,16,20H,12-15,17-19H2,1H3. The number of hydrogen-bond donors (Lipinski definition) is 0. The molecule has 8 heteroatoms. The van der Waals surface area contributed by atoms with Crippen LogP contribution < -0.4 is 9.64 Å². The van der Waals surface area contributed by atoms with Gasteiger partial charge in [-0.1, -0.05) is 24.3 Å². The molecule has 4 aromatic rings. The summed E-state index contributed by atoms with van der Waals surface area (Å²) in [6, 6.07) is 18.7. The molecule has 0 unspecified atom stereocenters. The van der Waals surface area contributed by atoms with Crippen LogP contribution in [0.1, 0.15) is 16.8 Å². The molecule has 0 bridgehead atoms. The Morgan fingerprint density at radius 2 is 1.85 bits per heavy atom. The number of anilines is 1. The first-order valence-electron chi connectivity index (χ1n) is 11.5. The SMILES string of the molecule is COc1cccc(CN(Cc2ccc(-n3cccn3)cc2)c2nc(CN3CCOCC3)cs2)c1. The van der Waals surface area contributed by atoms with Crippen LogP contribution in [0.4, 0.5) is 5.13 Å². The molecule has 0 amide bonds. The van der Waals surface area contributed by atoms with E-state index in [1.165, 1.54) is 11.1 Å². The van der Waals surface area contributed by atoms with Crippen LogP contribution in [0.5, 0.6) is 5.75 Å². The van der Waals surface area contributed by atoms with Crippen molar-refractivity contribution in [2.75, 3.05) is 38.3 Å². The second-order valence-corrected chi connectivity index (χ2v) is 9.17. The van der Waals surface area contributed by atoms with E-state index in [1.54, 1.807) is 24.6 Å². The van der Waals surface area contributed by atoms with E-state index < -0.39 is 0 Å². The van der Waals surface area contributed by atoms with Gasteiger partial charge in [0.1, 0.15) is 5.75 Å². The molecular weight excluding hydrogens is 446 g/mol. The largest absolute Gasteiger partial charge is 0.497 e. The van der Waals surface area contributed by atoms with E-state index in [0.717, 1.165) is 68.2 Å². The molecule has 1 aliphatic heterocycles. The van der Waals surface area contributed by atoms with Crippen molar-refractivity contribution in [3.63, 3.8) is 0 Å². The van der Waals surface area contributed by atoms with Crippen LogP contribution in [0.3, 0.4) is 0 Å². The highest BCUT2D eigenvalue weighted by Crippen LogP contribution is 2.26. The highest BCUT2D eigenvalue weighted by Gasteiger charge is 2.16. The summed E-state index contributed by atoms with van der Waals surface area (Å²) in [7, 11) is 1.71. The Hall–Kier alpha value is -3.20. The monoisotopic (exact) mass is 475 g/mol. The zero-order chi connectivity index (χ0) is 23.2. The number of morpholine rings is 1. The zero-order valence-corrected chi connectivity index (χ0v) is 20.2. The molecule has 5 rings (SSSR count). The van der Waals surface area contributed by atoms with Crippen LogP contribution in [-0.4, -0.2) is 53.1 Å². The Bertz CT molecular complexity index is 1170. The Morgan fingerprint density at radius 1 is 1.03 bits per heavy atom. The lowest BCUT2D eigenvalue weighted by atomic mass is 10.1. The molecule has 2 aromatic carbocycles. The van der Waals surface area contributed by atoms with Crippen LogP contribution in [-0.2, 0) is 24.4 Å². The number of methoxy groups -OCH3 is 1. The van der Waals surface area contributed by atoms with E-state index in [1.807, 2.05) is 29.1 Å². The van der Waals surface area contributed by atoms with Gasteiger partial charge in [-0.15, -0.1) is 11.3 Å². The van der Waals surface area contributed by atoms with E-state index >= 15 is 0 Å². The third kappa shape index (κ3) is 5.64. The van der Waals surface area contributed by atoms with Gasteiger partial charge in [0.15, 0.2) is 5.13 Å². The predicted molar refractivity (Wildman–Crippen MR) is 135 cm³/mol. The molecule has 0 aliphatic carbocycles. The lowest BCUT2D eigenvalue weighted by Gasteiger charge is -2.26. The van der Waals surface area contributed by atoms with Crippen LogP contribution in [0, 0.1) is 0 Å². The van der Waals surface area contributed by atoms with Gasteiger partial charge in [0.25, 0.3) is 0 Å². The van der Waals surface area contributed by atoms with E-state index in [9.17, 15) is 0 Å². The van der Waals surface area contributed by atoms with Gasteiger partial charge in [0, 0.05) is 50.5 Å². The van der Waals surface area contributed by atoms with Crippen LogP contribution in [0.15, 0.2) is 72.4 Å². The van der Waals surface area contributed by atoms with Crippen LogP contribution >= 0.6 is 11.3 Å². The summed E-state index contributed by atoms with van der Waals surface area (Å²) >= 11 is 1.71. The third-order valence-electron chi connectivity index (χ3n) is 5.89. The number of nitrogens with zero attached hydrogens (tertiary/aromatic N) is 5. The van der Waals surface area contributed by atoms with E-state index in [-0.39, 0.29) is 0 Å². The van der Waals surface area contributed by atoms with Gasteiger partial charge in [-0.2, -0.15) is 5.10 Å². The molecule has 3 heterocycles. The summed E-state index contributed by atoms with van der Waals surface area (Å²) in [5, 5.41) is 7.54. The molecule has 0 spiro atoms. The average molecular weight is 476 g/mol. The predicted octanol–water partition coefficient (Wildman–Crippen LogP) is 4.38. The van der Waals surface area contributed by atoms with E-state index in [0.29, 0.717) is 0 Å². The summed E-state index contributed by atoms with van der Waals surface area (Å²) in [5.41, 5.74) is 4.59. The first-order chi connectivity index (χ1) is 16.8. The smallest absolute Gasteiger partial charge is 0.186 e. The van der Waals surface area contributed by atoms with Gasteiger partial charge >= 0.3 is 0 Å².